The second-order valence-electron chi connectivity index (χ2n) is 7.08. The lowest BCUT2D eigenvalue weighted by Gasteiger charge is -2.11. The molecule has 0 radical (unpaired) electrons. The molecule has 0 saturated heterocycles. The molecular formula is C26H23ClN2O4. The zero-order valence-electron chi connectivity index (χ0n) is 17.8. The average Bonchev–Trinajstić information content (AvgIpc) is 2.84. The summed E-state index contributed by atoms with van der Waals surface area (Å²) in [6, 6.07) is 24.7. The molecule has 0 atom stereocenters. The molecule has 0 aliphatic rings. The highest BCUT2D eigenvalue weighted by atomic mass is 35.5. The molecule has 0 heterocycles. The SMILES string of the molecule is O=C(CCNC(=O)C(=Cc1ccc(Cl)cc1)NC(=O)c1ccccc1)OCc1ccccc1. The van der Waals surface area contributed by atoms with E-state index in [4.69, 9.17) is 16.3 Å². The molecule has 3 rings (SSSR count). The predicted molar refractivity (Wildman–Crippen MR) is 127 cm³/mol. The Balaban J connectivity index is 1.60. The van der Waals surface area contributed by atoms with Crippen LogP contribution < -0.4 is 10.6 Å². The van der Waals surface area contributed by atoms with Gasteiger partial charge in [0.15, 0.2) is 0 Å². The second kappa shape index (κ2) is 12.2. The smallest absolute Gasteiger partial charge is 0.307 e. The van der Waals surface area contributed by atoms with Gasteiger partial charge in [-0.3, -0.25) is 14.4 Å². The number of esters is 1. The standard InChI is InChI=1S/C26H23ClN2O4/c27-22-13-11-19(12-14-22)17-23(29-25(31)21-9-5-2-6-10-21)26(32)28-16-15-24(30)33-18-20-7-3-1-4-8-20/h1-14,17H,15-16,18H2,(H,28,32)(H,29,31). The first-order valence-electron chi connectivity index (χ1n) is 10.3. The minimum absolute atomic E-state index is 0.000565. The van der Waals surface area contributed by atoms with E-state index in [9.17, 15) is 14.4 Å². The molecule has 0 saturated carbocycles. The Hall–Kier alpha value is -3.90. The van der Waals surface area contributed by atoms with Crippen LogP contribution in [0.3, 0.4) is 0 Å². The number of hydrogen-bond donors (Lipinski definition) is 2. The lowest BCUT2D eigenvalue weighted by Crippen LogP contribution is -2.35. The van der Waals surface area contributed by atoms with Crippen molar-refractivity contribution in [2.45, 2.75) is 13.0 Å². The topological polar surface area (TPSA) is 84.5 Å². The Bertz CT molecular complexity index is 1110. The Morgan fingerprint density at radius 2 is 1.48 bits per heavy atom. The van der Waals surface area contributed by atoms with Crippen LogP contribution >= 0.6 is 11.6 Å². The number of ether oxygens (including phenoxy) is 1. The van der Waals surface area contributed by atoms with Crippen LogP contribution in [0.15, 0.2) is 90.6 Å². The van der Waals surface area contributed by atoms with Gasteiger partial charge in [0.05, 0.1) is 6.42 Å². The lowest BCUT2D eigenvalue weighted by atomic mass is 10.1. The molecule has 7 heteroatoms. The Labute approximate surface area is 197 Å². The number of rotatable bonds is 9. The molecule has 0 aliphatic carbocycles. The first kappa shape index (κ1) is 23.8. The van der Waals surface area contributed by atoms with E-state index in [-0.39, 0.29) is 25.3 Å². The molecule has 2 amide bonds. The highest BCUT2D eigenvalue weighted by Crippen LogP contribution is 2.12. The Morgan fingerprint density at radius 3 is 2.15 bits per heavy atom. The first-order chi connectivity index (χ1) is 16.0. The minimum Gasteiger partial charge on any atom is -0.461 e. The number of carbonyl (C=O) groups is 3. The summed E-state index contributed by atoms with van der Waals surface area (Å²) < 4.78 is 5.21. The van der Waals surface area contributed by atoms with Gasteiger partial charge in [-0.2, -0.15) is 0 Å². The first-order valence-corrected chi connectivity index (χ1v) is 10.7. The van der Waals surface area contributed by atoms with Gasteiger partial charge in [0, 0.05) is 17.1 Å². The molecule has 0 unspecified atom stereocenters. The maximum Gasteiger partial charge on any atom is 0.307 e. The molecule has 168 valence electrons. The third kappa shape index (κ3) is 7.94. The number of halogens is 1. The fourth-order valence-corrected chi connectivity index (χ4v) is 2.98. The molecule has 33 heavy (non-hydrogen) atoms. The summed E-state index contributed by atoms with van der Waals surface area (Å²) in [5, 5.41) is 5.85. The molecule has 3 aromatic carbocycles. The lowest BCUT2D eigenvalue weighted by molar-refractivity contribution is -0.144. The fraction of sp³-hybridized carbons (Fsp3) is 0.115. The van der Waals surface area contributed by atoms with Crippen LogP contribution in [0, 0.1) is 0 Å². The van der Waals surface area contributed by atoms with Gasteiger partial charge in [0.1, 0.15) is 12.3 Å². The van der Waals surface area contributed by atoms with Crippen molar-refractivity contribution in [3.63, 3.8) is 0 Å². The third-order valence-corrected chi connectivity index (χ3v) is 4.82. The Morgan fingerprint density at radius 1 is 0.848 bits per heavy atom. The molecule has 0 aromatic heterocycles. The van der Waals surface area contributed by atoms with Gasteiger partial charge in [-0.1, -0.05) is 72.3 Å². The summed E-state index contributed by atoms with van der Waals surface area (Å²) >= 11 is 5.92. The highest BCUT2D eigenvalue weighted by molar-refractivity contribution is 6.30. The molecule has 0 spiro atoms. The van der Waals surface area contributed by atoms with Crippen molar-refractivity contribution in [1.29, 1.82) is 0 Å². The van der Waals surface area contributed by atoms with Crippen LogP contribution in [-0.2, 0) is 20.9 Å². The molecular weight excluding hydrogens is 440 g/mol. The van der Waals surface area contributed by atoms with Gasteiger partial charge in [0.25, 0.3) is 11.8 Å². The number of amides is 2. The predicted octanol–water partition coefficient (Wildman–Crippen LogP) is 4.36. The van der Waals surface area contributed by atoms with E-state index >= 15 is 0 Å². The van der Waals surface area contributed by atoms with Gasteiger partial charge in [-0.15, -0.1) is 0 Å². The number of hydrogen-bond acceptors (Lipinski definition) is 4. The summed E-state index contributed by atoms with van der Waals surface area (Å²) in [4.78, 5) is 37.3. The summed E-state index contributed by atoms with van der Waals surface area (Å²) in [5.74, 6) is -1.38. The molecule has 0 fully saturated rings. The van der Waals surface area contributed by atoms with E-state index in [0.717, 1.165) is 5.56 Å². The quantitative estimate of drug-likeness (QED) is 0.365. The van der Waals surface area contributed by atoms with E-state index in [1.807, 2.05) is 30.3 Å². The van der Waals surface area contributed by atoms with Crippen molar-refractivity contribution >= 4 is 35.5 Å². The summed E-state index contributed by atoms with van der Waals surface area (Å²) in [5.41, 5.74) is 2.02. The van der Waals surface area contributed by atoms with E-state index < -0.39 is 17.8 Å². The van der Waals surface area contributed by atoms with Gasteiger partial charge < -0.3 is 15.4 Å². The van der Waals surface area contributed by atoms with E-state index in [2.05, 4.69) is 10.6 Å². The van der Waals surface area contributed by atoms with E-state index in [1.165, 1.54) is 0 Å². The highest BCUT2D eigenvalue weighted by Gasteiger charge is 2.15. The van der Waals surface area contributed by atoms with Crippen LogP contribution in [0.2, 0.25) is 5.02 Å². The van der Waals surface area contributed by atoms with Crippen molar-refractivity contribution in [1.82, 2.24) is 10.6 Å². The number of nitrogens with one attached hydrogen (secondary N) is 2. The van der Waals surface area contributed by atoms with Crippen LogP contribution in [-0.4, -0.2) is 24.3 Å². The normalized spacial score (nSPS) is 10.9. The fourth-order valence-electron chi connectivity index (χ4n) is 2.85. The molecule has 3 aromatic rings. The van der Waals surface area contributed by atoms with Crippen molar-refractivity contribution in [3.05, 3.63) is 112 Å². The Kier molecular flexibility index (Phi) is 8.79. The van der Waals surface area contributed by atoms with Crippen molar-refractivity contribution < 1.29 is 19.1 Å². The zero-order valence-corrected chi connectivity index (χ0v) is 18.5. The van der Waals surface area contributed by atoms with Gasteiger partial charge >= 0.3 is 5.97 Å². The molecule has 0 bridgehead atoms. The van der Waals surface area contributed by atoms with Crippen molar-refractivity contribution in [2.75, 3.05) is 6.54 Å². The van der Waals surface area contributed by atoms with Crippen molar-refractivity contribution in [2.24, 2.45) is 0 Å². The number of benzene rings is 3. The van der Waals surface area contributed by atoms with Gasteiger partial charge in [-0.25, -0.2) is 0 Å². The summed E-state index contributed by atoms with van der Waals surface area (Å²) in [6.45, 7) is 0.230. The monoisotopic (exact) mass is 462 g/mol. The third-order valence-electron chi connectivity index (χ3n) is 4.57. The maximum absolute atomic E-state index is 12.8. The molecule has 2 N–H and O–H groups in total. The largest absolute Gasteiger partial charge is 0.461 e. The zero-order chi connectivity index (χ0) is 23.5. The van der Waals surface area contributed by atoms with Gasteiger partial charge in [0.2, 0.25) is 0 Å². The molecule has 6 nitrogen and oxygen atoms in total. The second-order valence-corrected chi connectivity index (χ2v) is 7.52. The van der Waals surface area contributed by atoms with Crippen LogP contribution in [0.25, 0.3) is 6.08 Å². The van der Waals surface area contributed by atoms with Crippen LogP contribution in [0.1, 0.15) is 27.9 Å². The summed E-state index contributed by atoms with van der Waals surface area (Å²) in [7, 11) is 0. The average molecular weight is 463 g/mol. The van der Waals surface area contributed by atoms with E-state index in [1.54, 1.807) is 60.7 Å². The van der Waals surface area contributed by atoms with Gasteiger partial charge in [-0.05, 0) is 41.5 Å². The minimum atomic E-state index is -0.523. The number of carbonyl (C=O) groups excluding carboxylic acids is 3. The van der Waals surface area contributed by atoms with Crippen LogP contribution in [0.5, 0.6) is 0 Å². The summed E-state index contributed by atoms with van der Waals surface area (Å²) in [6.07, 6.45) is 1.54. The van der Waals surface area contributed by atoms with E-state index in [0.29, 0.717) is 16.1 Å². The van der Waals surface area contributed by atoms with Crippen LogP contribution in [0.4, 0.5) is 0 Å². The van der Waals surface area contributed by atoms with Crippen molar-refractivity contribution in [3.8, 4) is 0 Å². The maximum atomic E-state index is 12.8. The molecule has 0 aliphatic heterocycles.